The summed E-state index contributed by atoms with van der Waals surface area (Å²) in [4.78, 5) is 10.9. The van der Waals surface area contributed by atoms with Crippen molar-refractivity contribution in [3.8, 4) is 5.75 Å². The van der Waals surface area contributed by atoms with Crippen molar-refractivity contribution in [2.45, 2.75) is 25.6 Å². The molecule has 1 unspecified atom stereocenters. The molecular weight excluding hydrogens is 284 g/mol. The molecule has 7 heteroatoms. The molecule has 0 radical (unpaired) electrons. The zero-order valence-electron chi connectivity index (χ0n) is 12.0. The third-order valence-electron chi connectivity index (χ3n) is 2.86. The zero-order valence-corrected chi connectivity index (χ0v) is 13.0. The Balaban J connectivity index is 0.00000200. The molecule has 1 aliphatic heterocycles. The summed E-state index contributed by atoms with van der Waals surface area (Å²) < 4.78 is 43.1. The minimum Gasteiger partial charge on any atom is -1.00 e. The Bertz CT molecular complexity index is 558. The van der Waals surface area contributed by atoms with Gasteiger partial charge in [-0.05, 0) is 30.2 Å². The summed E-state index contributed by atoms with van der Waals surface area (Å²) in [5.41, 5.74) is 0.458. The summed E-state index contributed by atoms with van der Waals surface area (Å²) in [6.45, 7) is 1.89. The number of carboxylic acid groups (broad SMARTS) is 1. The van der Waals surface area contributed by atoms with Gasteiger partial charge in [0.15, 0.2) is 0 Å². The number of hydrogen-bond acceptors (Lipinski definition) is 2. The molecule has 0 bridgehead atoms. The number of halogens is 3. The predicted octanol–water partition coefficient (Wildman–Crippen LogP) is 0.157. The van der Waals surface area contributed by atoms with E-state index in [2.05, 4.69) is 0 Å². The molecule has 1 heterocycles. The topological polar surface area (TPSA) is 46.5 Å². The van der Waals surface area contributed by atoms with Crippen LogP contribution in [0.4, 0.5) is 13.2 Å². The largest absolute Gasteiger partial charge is 1.00 e. The number of hydrogen-bond donors (Lipinski definition) is 1. The molecular formula is C13H12F3NaO3. The van der Waals surface area contributed by atoms with Crippen LogP contribution in [0.2, 0.25) is 0 Å². The van der Waals surface area contributed by atoms with Crippen LogP contribution in [-0.2, 0) is 11.2 Å². The van der Waals surface area contributed by atoms with Crippen LogP contribution in [0.5, 0.6) is 5.75 Å². The van der Waals surface area contributed by atoms with Gasteiger partial charge in [-0.2, -0.15) is 13.2 Å². The number of carboxylic acids is 1. The van der Waals surface area contributed by atoms with Crippen LogP contribution in [0, 0.1) is 0 Å². The van der Waals surface area contributed by atoms with Crippen LogP contribution in [0.1, 0.15) is 19.5 Å². The summed E-state index contributed by atoms with van der Waals surface area (Å²) in [6, 6.07) is 4.72. The molecule has 0 saturated carbocycles. The van der Waals surface area contributed by atoms with Gasteiger partial charge in [-0.25, -0.2) is 4.79 Å². The Hall–Kier alpha value is -0.980. The number of aryl methyl sites for hydroxylation is 1. The second-order valence-electron chi connectivity index (χ2n) is 4.17. The van der Waals surface area contributed by atoms with Gasteiger partial charge in [-0.3, -0.25) is 0 Å². The number of fused-ring (bicyclic) bond motifs is 1. The molecule has 0 amide bonds. The molecule has 3 nitrogen and oxygen atoms in total. The fourth-order valence-electron chi connectivity index (χ4n) is 1.89. The minimum absolute atomic E-state index is 0. The number of rotatable bonds is 2. The maximum absolute atomic E-state index is 12.8. The molecule has 104 valence electrons. The van der Waals surface area contributed by atoms with Gasteiger partial charge in [-0.1, -0.05) is 13.0 Å². The Labute approximate surface area is 137 Å². The van der Waals surface area contributed by atoms with Crippen LogP contribution in [0.15, 0.2) is 23.8 Å². The summed E-state index contributed by atoms with van der Waals surface area (Å²) >= 11 is 0. The molecule has 1 N–H and O–H groups in total. The van der Waals surface area contributed by atoms with Gasteiger partial charge in [0.2, 0.25) is 6.10 Å². The van der Waals surface area contributed by atoms with Crippen molar-refractivity contribution < 1.29 is 58.8 Å². The van der Waals surface area contributed by atoms with Gasteiger partial charge in [0, 0.05) is 5.56 Å². The summed E-state index contributed by atoms with van der Waals surface area (Å²) in [7, 11) is 0. The normalized spacial score (nSPS) is 17.4. The minimum atomic E-state index is -4.76. The summed E-state index contributed by atoms with van der Waals surface area (Å²) in [5.74, 6) is -1.58. The van der Waals surface area contributed by atoms with Gasteiger partial charge in [0.1, 0.15) is 5.75 Å². The Morgan fingerprint density at radius 2 is 2.10 bits per heavy atom. The predicted molar refractivity (Wildman–Crippen MR) is 63.0 cm³/mol. The number of benzene rings is 1. The van der Waals surface area contributed by atoms with Crippen molar-refractivity contribution in [1.82, 2.24) is 0 Å². The van der Waals surface area contributed by atoms with E-state index in [4.69, 9.17) is 9.84 Å². The molecule has 2 rings (SSSR count). The van der Waals surface area contributed by atoms with E-state index < -0.39 is 23.8 Å². The number of carbonyl (C=O) groups is 1. The molecule has 1 aromatic rings. The van der Waals surface area contributed by atoms with Crippen LogP contribution in [0.3, 0.4) is 0 Å². The van der Waals surface area contributed by atoms with E-state index in [0.29, 0.717) is 12.0 Å². The molecule has 20 heavy (non-hydrogen) atoms. The molecule has 1 aliphatic rings. The van der Waals surface area contributed by atoms with Crippen molar-refractivity contribution in [2.75, 3.05) is 0 Å². The van der Waals surface area contributed by atoms with Gasteiger partial charge in [0.05, 0.1) is 5.57 Å². The first-order valence-corrected chi connectivity index (χ1v) is 5.64. The first kappa shape index (κ1) is 17.1. The Morgan fingerprint density at radius 3 is 2.60 bits per heavy atom. The van der Waals surface area contributed by atoms with Crippen molar-refractivity contribution >= 4 is 12.0 Å². The fraction of sp³-hybridized carbons (Fsp3) is 0.308. The van der Waals surface area contributed by atoms with Crippen molar-refractivity contribution in [2.24, 2.45) is 0 Å². The summed E-state index contributed by atoms with van der Waals surface area (Å²) in [6.07, 6.45) is -5.46. The first-order valence-electron chi connectivity index (χ1n) is 5.64. The van der Waals surface area contributed by atoms with Crippen LogP contribution in [0.25, 0.3) is 6.08 Å². The standard InChI is InChI=1S/C13H11F3O3.Na.H/c1-2-7-3-4-10-8(5-7)6-9(12(17)18)11(19-10)13(14,15)16;;/h3-6,11H,2H2,1H3,(H,17,18);;/q;+1;-1. The van der Waals surface area contributed by atoms with E-state index in [9.17, 15) is 18.0 Å². The number of aliphatic carboxylic acids is 1. The third-order valence-corrected chi connectivity index (χ3v) is 2.86. The number of alkyl halides is 3. The van der Waals surface area contributed by atoms with Crippen LogP contribution in [-0.4, -0.2) is 23.4 Å². The first-order chi connectivity index (χ1) is 8.82. The van der Waals surface area contributed by atoms with E-state index in [0.717, 1.165) is 11.6 Å². The Kier molecular flexibility index (Phi) is 5.29. The Morgan fingerprint density at radius 1 is 1.45 bits per heavy atom. The SMILES string of the molecule is CCc1ccc2c(c1)C=C(C(=O)O)C(C(F)(F)F)O2.[H-].[Na+]. The average Bonchev–Trinajstić information content (AvgIpc) is 2.35. The molecule has 0 aliphatic carbocycles. The van der Waals surface area contributed by atoms with Crippen molar-refractivity contribution in [1.29, 1.82) is 0 Å². The zero-order chi connectivity index (χ0) is 14.2. The molecule has 0 saturated heterocycles. The van der Waals surface area contributed by atoms with E-state index in [-0.39, 0.29) is 36.7 Å². The van der Waals surface area contributed by atoms with E-state index >= 15 is 0 Å². The molecule has 0 spiro atoms. The quantitative estimate of drug-likeness (QED) is 0.791. The van der Waals surface area contributed by atoms with E-state index in [1.807, 2.05) is 6.92 Å². The van der Waals surface area contributed by atoms with Gasteiger partial charge < -0.3 is 11.3 Å². The molecule has 1 atom stereocenters. The van der Waals surface area contributed by atoms with E-state index in [1.54, 1.807) is 12.1 Å². The van der Waals surface area contributed by atoms with Crippen molar-refractivity contribution in [3.05, 3.63) is 34.9 Å². The molecule has 0 fully saturated rings. The fourth-order valence-corrected chi connectivity index (χ4v) is 1.89. The number of ether oxygens (including phenoxy) is 1. The van der Waals surface area contributed by atoms with Crippen LogP contribution < -0.4 is 34.3 Å². The van der Waals surface area contributed by atoms with Gasteiger partial charge in [-0.15, -0.1) is 0 Å². The second kappa shape index (κ2) is 6.20. The monoisotopic (exact) mass is 296 g/mol. The molecule has 0 aromatic heterocycles. The average molecular weight is 296 g/mol. The summed E-state index contributed by atoms with van der Waals surface area (Å²) in [5, 5.41) is 8.88. The van der Waals surface area contributed by atoms with E-state index in [1.165, 1.54) is 6.07 Å². The second-order valence-corrected chi connectivity index (χ2v) is 4.17. The third kappa shape index (κ3) is 3.37. The maximum Gasteiger partial charge on any atom is 1.00 e. The van der Waals surface area contributed by atoms with Gasteiger partial charge >= 0.3 is 41.7 Å². The van der Waals surface area contributed by atoms with Gasteiger partial charge in [0.25, 0.3) is 0 Å². The maximum atomic E-state index is 12.8. The molecule has 1 aromatic carbocycles. The smallest absolute Gasteiger partial charge is 1.00 e. The van der Waals surface area contributed by atoms with Crippen molar-refractivity contribution in [3.63, 3.8) is 0 Å². The van der Waals surface area contributed by atoms with Crippen LogP contribution >= 0.6 is 0 Å².